The Morgan fingerprint density at radius 3 is 2.40 bits per heavy atom. The molecule has 5 heteroatoms. The Morgan fingerprint density at radius 1 is 1.15 bits per heavy atom. The highest BCUT2D eigenvalue weighted by atomic mass is 16.6. The van der Waals surface area contributed by atoms with Gasteiger partial charge in [-0.2, -0.15) is 0 Å². The molecule has 1 fully saturated rings. The first-order valence-electron chi connectivity index (χ1n) is 6.72. The largest absolute Gasteiger partial charge is 0.463 e. The minimum atomic E-state index is -0.304. The van der Waals surface area contributed by atoms with E-state index in [1.165, 1.54) is 6.92 Å². The lowest BCUT2D eigenvalue weighted by Gasteiger charge is -2.29. The number of esters is 1. The van der Waals surface area contributed by atoms with E-state index in [0.717, 1.165) is 5.56 Å². The minimum Gasteiger partial charge on any atom is -0.463 e. The summed E-state index contributed by atoms with van der Waals surface area (Å²) in [6, 6.07) is 9.99. The van der Waals surface area contributed by atoms with Gasteiger partial charge in [0.2, 0.25) is 0 Å². The normalized spacial score (nSPS) is 22.4. The van der Waals surface area contributed by atoms with Gasteiger partial charge in [0, 0.05) is 6.92 Å². The number of hydrogen-bond acceptors (Lipinski definition) is 5. The van der Waals surface area contributed by atoms with Crippen LogP contribution in [0, 0.1) is 0 Å². The fraction of sp³-hybridized carbons (Fsp3) is 0.533. The second kappa shape index (κ2) is 7.99. The Morgan fingerprint density at radius 2 is 1.80 bits per heavy atom. The predicted molar refractivity (Wildman–Crippen MR) is 72.2 cm³/mol. The van der Waals surface area contributed by atoms with E-state index >= 15 is 0 Å². The van der Waals surface area contributed by atoms with Gasteiger partial charge in [-0.25, -0.2) is 0 Å². The van der Waals surface area contributed by atoms with Crippen molar-refractivity contribution in [2.24, 2.45) is 0 Å². The summed E-state index contributed by atoms with van der Waals surface area (Å²) >= 11 is 0. The smallest absolute Gasteiger partial charge is 0.302 e. The summed E-state index contributed by atoms with van der Waals surface area (Å²) in [6.07, 6.45) is -0.239. The predicted octanol–water partition coefficient (Wildman–Crippen LogP) is 1.55. The van der Waals surface area contributed by atoms with Crippen molar-refractivity contribution in [1.29, 1.82) is 0 Å². The molecule has 0 bridgehead atoms. The average Bonchev–Trinajstić information content (AvgIpc) is 2.47. The summed E-state index contributed by atoms with van der Waals surface area (Å²) in [5.41, 5.74) is 1.14. The fourth-order valence-corrected chi connectivity index (χ4v) is 1.87. The third-order valence-electron chi connectivity index (χ3n) is 2.92. The van der Waals surface area contributed by atoms with Crippen molar-refractivity contribution in [3.63, 3.8) is 0 Å². The summed E-state index contributed by atoms with van der Waals surface area (Å²) in [5, 5.41) is 0. The molecule has 1 aromatic rings. The molecule has 0 aliphatic carbocycles. The summed E-state index contributed by atoms with van der Waals surface area (Å²) in [7, 11) is 0. The zero-order valence-electron chi connectivity index (χ0n) is 11.6. The van der Waals surface area contributed by atoms with Gasteiger partial charge in [0.1, 0.15) is 18.8 Å². The zero-order valence-corrected chi connectivity index (χ0v) is 11.6. The van der Waals surface area contributed by atoms with Crippen molar-refractivity contribution in [1.82, 2.24) is 0 Å². The Kier molecular flexibility index (Phi) is 5.98. The van der Waals surface area contributed by atoms with Crippen LogP contribution in [0.1, 0.15) is 12.5 Å². The van der Waals surface area contributed by atoms with Gasteiger partial charge in [0.15, 0.2) is 0 Å². The fourth-order valence-electron chi connectivity index (χ4n) is 1.87. The van der Waals surface area contributed by atoms with Crippen LogP contribution in [0.3, 0.4) is 0 Å². The summed E-state index contributed by atoms with van der Waals surface area (Å²) < 4.78 is 21.7. The molecule has 5 nitrogen and oxygen atoms in total. The van der Waals surface area contributed by atoms with Crippen LogP contribution in [-0.4, -0.2) is 44.6 Å². The third-order valence-corrected chi connectivity index (χ3v) is 2.92. The molecule has 110 valence electrons. The molecule has 0 spiro atoms. The van der Waals surface area contributed by atoms with Crippen LogP contribution in [0.2, 0.25) is 0 Å². The number of ether oxygens (including phenoxy) is 4. The Balaban J connectivity index is 1.59. The number of carbonyl (C=O) groups is 1. The first-order chi connectivity index (χ1) is 9.74. The van der Waals surface area contributed by atoms with E-state index in [9.17, 15) is 4.79 Å². The lowest BCUT2D eigenvalue weighted by atomic mass is 10.2. The topological polar surface area (TPSA) is 54.0 Å². The standard InChI is InChI=1S/C15H20O5/c1-12(16)18-9-15-11-19-14(10-20-15)8-17-7-13-5-3-2-4-6-13/h2-6,14-15H,7-11H2,1H3. The van der Waals surface area contributed by atoms with Crippen molar-refractivity contribution >= 4 is 5.97 Å². The van der Waals surface area contributed by atoms with Crippen LogP contribution < -0.4 is 0 Å². The summed E-state index contributed by atoms with van der Waals surface area (Å²) in [4.78, 5) is 10.7. The maximum Gasteiger partial charge on any atom is 0.302 e. The molecule has 0 aromatic heterocycles. The van der Waals surface area contributed by atoms with Gasteiger partial charge in [-0.1, -0.05) is 30.3 Å². The van der Waals surface area contributed by atoms with E-state index in [1.807, 2.05) is 30.3 Å². The molecule has 20 heavy (non-hydrogen) atoms. The average molecular weight is 280 g/mol. The first kappa shape index (κ1) is 15.0. The SMILES string of the molecule is CC(=O)OCC1COC(COCc2ccccc2)CO1. The van der Waals surface area contributed by atoms with E-state index in [0.29, 0.717) is 26.4 Å². The molecule has 2 rings (SSSR count). The van der Waals surface area contributed by atoms with Gasteiger partial charge in [-0.05, 0) is 5.56 Å². The lowest BCUT2D eigenvalue weighted by Crippen LogP contribution is -2.40. The second-order valence-electron chi connectivity index (χ2n) is 4.71. The van der Waals surface area contributed by atoms with Crippen LogP contribution in [0.5, 0.6) is 0 Å². The Bertz CT molecular complexity index is 398. The van der Waals surface area contributed by atoms with E-state index < -0.39 is 0 Å². The number of hydrogen-bond donors (Lipinski definition) is 0. The molecule has 1 aliphatic heterocycles. The summed E-state index contributed by atoms with van der Waals surface area (Å²) in [6.45, 7) is 3.57. The van der Waals surface area contributed by atoms with E-state index in [2.05, 4.69) is 0 Å². The zero-order chi connectivity index (χ0) is 14.2. The maximum absolute atomic E-state index is 10.7. The van der Waals surface area contributed by atoms with Crippen molar-refractivity contribution in [2.45, 2.75) is 25.7 Å². The minimum absolute atomic E-state index is 0.0627. The quantitative estimate of drug-likeness (QED) is 0.740. The molecule has 1 saturated heterocycles. The van der Waals surface area contributed by atoms with Gasteiger partial charge in [-0.3, -0.25) is 4.79 Å². The molecule has 1 aromatic carbocycles. The number of carbonyl (C=O) groups excluding carboxylic acids is 1. The maximum atomic E-state index is 10.7. The second-order valence-corrected chi connectivity index (χ2v) is 4.71. The van der Waals surface area contributed by atoms with Crippen LogP contribution >= 0.6 is 0 Å². The molecule has 0 radical (unpaired) electrons. The van der Waals surface area contributed by atoms with Gasteiger partial charge in [-0.15, -0.1) is 0 Å². The van der Waals surface area contributed by atoms with Crippen molar-refractivity contribution in [2.75, 3.05) is 26.4 Å². The molecule has 0 amide bonds. The van der Waals surface area contributed by atoms with Crippen LogP contribution in [0.15, 0.2) is 30.3 Å². The molecule has 0 N–H and O–H groups in total. The van der Waals surface area contributed by atoms with E-state index in [-0.39, 0.29) is 24.8 Å². The molecule has 1 heterocycles. The highest BCUT2D eigenvalue weighted by Gasteiger charge is 2.23. The number of benzene rings is 1. The lowest BCUT2D eigenvalue weighted by molar-refractivity contribution is -0.174. The van der Waals surface area contributed by atoms with Gasteiger partial charge < -0.3 is 18.9 Å². The van der Waals surface area contributed by atoms with Crippen molar-refractivity contribution in [3.8, 4) is 0 Å². The van der Waals surface area contributed by atoms with E-state index in [4.69, 9.17) is 18.9 Å². The highest BCUT2D eigenvalue weighted by molar-refractivity contribution is 5.65. The van der Waals surface area contributed by atoms with Crippen LogP contribution in [-0.2, 0) is 30.3 Å². The molecule has 2 atom stereocenters. The highest BCUT2D eigenvalue weighted by Crippen LogP contribution is 2.09. The van der Waals surface area contributed by atoms with Gasteiger partial charge in [0.05, 0.1) is 26.4 Å². The molecular weight excluding hydrogens is 260 g/mol. The summed E-state index contributed by atoms with van der Waals surface area (Å²) in [5.74, 6) is -0.304. The van der Waals surface area contributed by atoms with Crippen LogP contribution in [0.4, 0.5) is 0 Å². The molecule has 0 saturated carbocycles. The Hall–Kier alpha value is -1.43. The van der Waals surface area contributed by atoms with E-state index in [1.54, 1.807) is 0 Å². The monoisotopic (exact) mass is 280 g/mol. The van der Waals surface area contributed by atoms with Gasteiger partial charge in [0.25, 0.3) is 0 Å². The van der Waals surface area contributed by atoms with Crippen LogP contribution in [0.25, 0.3) is 0 Å². The Labute approximate surface area is 118 Å². The third kappa shape index (κ3) is 5.28. The first-order valence-corrected chi connectivity index (χ1v) is 6.72. The molecular formula is C15H20O5. The molecule has 1 aliphatic rings. The molecule has 2 unspecified atom stereocenters. The van der Waals surface area contributed by atoms with Crippen molar-refractivity contribution < 1.29 is 23.7 Å². The number of rotatable bonds is 6. The van der Waals surface area contributed by atoms with Crippen molar-refractivity contribution in [3.05, 3.63) is 35.9 Å². The van der Waals surface area contributed by atoms with Gasteiger partial charge >= 0.3 is 5.97 Å².